The van der Waals surface area contributed by atoms with Crippen molar-refractivity contribution in [3.8, 4) is 0 Å². The molecule has 5 nitrogen and oxygen atoms in total. The summed E-state index contributed by atoms with van der Waals surface area (Å²) in [5, 5.41) is 1.15. The van der Waals surface area contributed by atoms with Gasteiger partial charge in [0.2, 0.25) is 5.95 Å². The van der Waals surface area contributed by atoms with E-state index in [1.165, 1.54) is 25.7 Å². The summed E-state index contributed by atoms with van der Waals surface area (Å²) in [4.78, 5) is 23.3. The average Bonchev–Trinajstić information content (AvgIpc) is 3.12. The van der Waals surface area contributed by atoms with Crippen molar-refractivity contribution in [1.82, 2.24) is 14.5 Å². The molecule has 1 fully saturated rings. The van der Waals surface area contributed by atoms with Crippen molar-refractivity contribution in [3.05, 3.63) is 85.8 Å². The van der Waals surface area contributed by atoms with E-state index in [4.69, 9.17) is 28.2 Å². The molecule has 5 rings (SSSR count). The van der Waals surface area contributed by atoms with Crippen molar-refractivity contribution in [1.29, 1.82) is 0 Å². The summed E-state index contributed by atoms with van der Waals surface area (Å²) >= 11 is 12.8. The van der Waals surface area contributed by atoms with Crippen LogP contribution in [0.4, 0.5) is 11.6 Å². The monoisotopic (exact) mass is 496 g/mol. The zero-order valence-corrected chi connectivity index (χ0v) is 21.0. The van der Waals surface area contributed by atoms with Crippen molar-refractivity contribution in [2.24, 2.45) is 0 Å². The number of rotatable bonds is 4. The van der Waals surface area contributed by atoms with Gasteiger partial charge in [-0.15, -0.1) is 0 Å². The number of nitrogens with zero attached hydrogens (tertiary/aromatic N) is 4. The summed E-state index contributed by atoms with van der Waals surface area (Å²) in [6.45, 7) is 3.13. The van der Waals surface area contributed by atoms with Crippen LogP contribution >= 0.6 is 23.2 Å². The molecule has 1 aliphatic carbocycles. The molecule has 0 radical (unpaired) electrons. The molecular weight excluding hydrogens is 467 g/mol. The van der Waals surface area contributed by atoms with Crippen molar-refractivity contribution < 1.29 is 0 Å². The quantitative estimate of drug-likeness (QED) is 0.384. The Morgan fingerprint density at radius 1 is 0.971 bits per heavy atom. The fourth-order valence-corrected chi connectivity index (χ4v) is 5.74. The number of hydrogen-bond donors (Lipinski definition) is 0. The van der Waals surface area contributed by atoms with Crippen LogP contribution in [0, 0.1) is 6.92 Å². The minimum atomic E-state index is 0.0276. The topological polar surface area (TPSA) is 41.4 Å². The molecule has 3 aromatic rings. The van der Waals surface area contributed by atoms with E-state index in [1.807, 2.05) is 41.8 Å². The van der Waals surface area contributed by atoms with Crippen molar-refractivity contribution in [2.75, 3.05) is 11.6 Å². The highest BCUT2D eigenvalue weighted by molar-refractivity contribution is 6.36. The first-order chi connectivity index (χ1) is 16.5. The maximum Gasteiger partial charge on any atom is 0.259 e. The molecule has 2 aromatic carbocycles. The fourth-order valence-electron chi connectivity index (χ4n) is 5.23. The number of aryl methyl sites for hydroxylation is 1. The van der Waals surface area contributed by atoms with Crippen LogP contribution in [0.5, 0.6) is 0 Å². The predicted molar refractivity (Wildman–Crippen MR) is 139 cm³/mol. The van der Waals surface area contributed by atoms with E-state index in [9.17, 15) is 4.79 Å². The molecule has 1 aliphatic heterocycles. The van der Waals surface area contributed by atoms with E-state index < -0.39 is 0 Å². The van der Waals surface area contributed by atoms with Gasteiger partial charge in [-0.3, -0.25) is 19.2 Å². The standard InChI is InChI=1S/C27H30Cl2N4O/c1-19-23(15-20-9-5-4-6-10-20)26(34)33-18-31(22-11-7-2-3-8-12-22)17-32(27(33)30-19)25-14-13-21(28)16-24(25)29/h4-6,9-10,13-14,16,22H,2-3,7-8,11-12,15,17-18H2,1H3. The first kappa shape index (κ1) is 23.4. The van der Waals surface area contributed by atoms with Crippen molar-refractivity contribution >= 4 is 34.8 Å². The second-order valence-corrected chi connectivity index (χ2v) is 10.3. The smallest absolute Gasteiger partial charge is 0.259 e. The molecule has 0 amide bonds. The molecule has 0 unspecified atom stereocenters. The molecule has 0 spiro atoms. The maximum atomic E-state index is 13.9. The number of halogens is 2. The van der Waals surface area contributed by atoms with E-state index in [-0.39, 0.29) is 5.56 Å². The van der Waals surface area contributed by atoms with Gasteiger partial charge in [0.25, 0.3) is 5.56 Å². The maximum absolute atomic E-state index is 13.9. The molecule has 7 heteroatoms. The normalized spacial score (nSPS) is 17.4. The first-order valence-electron chi connectivity index (χ1n) is 12.1. The third-order valence-corrected chi connectivity index (χ3v) is 7.64. The zero-order chi connectivity index (χ0) is 23.7. The SMILES string of the molecule is Cc1nc2n(c(=O)c1Cc1ccccc1)CN(C1CCCCCC1)CN2c1ccc(Cl)cc1Cl. The number of benzene rings is 2. The highest BCUT2D eigenvalue weighted by Gasteiger charge is 2.32. The Bertz CT molecular complexity index is 1220. The predicted octanol–water partition coefficient (Wildman–Crippen LogP) is 6.54. The molecule has 2 heterocycles. The van der Waals surface area contributed by atoms with Gasteiger partial charge in [0.15, 0.2) is 0 Å². The van der Waals surface area contributed by atoms with Crippen LogP contribution < -0.4 is 10.5 Å². The Morgan fingerprint density at radius 3 is 2.41 bits per heavy atom. The first-order valence-corrected chi connectivity index (χ1v) is 12.9. The summed E-state index contributed by atoms with van der Waals surface area (Å²) in [5.41, 5.74) is 3.47. The Hall–Kier alpha value is -2.34. The number of hydrogen-bond acceptors (Lipinski definition) is 4. The van der Waals surface area contributed by atoms with Gasteiger partial charge in [0, 0.05) is 23.0 Å². The summed E-state index contributed by atoms with van der Waals surface area (Å²) < 4.78 is 1.84. The lowest BCUT2D eigenvalue weighted by Gasteiger charge is -2.42. The van der Waals surface area contributed by atoms with Gasteiger partial charge < -0.3 is 0 Å². The largest absolute Gasteiger partial charge is 0.297 e. The highest BCUT2D eigenvalue weighted by Crippen LogP contribution is 2.36. The average molecular weight is 497 g/mol. The third-order valence-electron chi connectivity index (χ3n) is 7.10. The van der Waals surface area contributed by atoms with Gasteiger partial charge >= 0.3 is 0 Å². The Balaban J connectivity index is 1.60. The lowest BCUT2D eigenvalue weighted by atomic mass is 10.0. The number of anilines is 2. The van der Waals surface area contributed by atoms with Gasteiger partial charge in [-0.05, 0) is 43.5 Å². The van der Waals surface area contributed by atoms with Crippen LogP contribution in [0.2, 0.25) is 10.0 Å². The van der Waals surface area contributed by atoms with Gasteiger partial charge in [-0.2, -0.15) is 0 Å². The van der Waals surface area contributed by atoms with E-state index >= 15 is 0 Å². The molecular formula is C27H30Cl2N4O. The minimum Gasteiger partial charge on any atom is -0.297 e. The molecule has 1 aromatic heterocycles. The van der Waals surface area contributed by atoms with Crippen LogP contribution in [0.25, 0.3) is 0 Å². The second kappa shape index (κ2) is 10.1. The van der Waals surface area contributed by atoms with Crippen molar-refractivity contribution in [2.45, 2.75) is 64.6 Å². The van der Waals surface area contributed by atoms with Crippen LogP contribution in [-0.2, 0) is 13.1 Å². The van der Waals surface area contributed by atoms with Gasteiger partial charge in [0.05, 0.1) is 29.7 Å². The van der Waals surface area contributed by atoms with Crippen LogP contribution in [0.15, 0.2) is 53.3 Å². The number of aromatic nitrogens is 2. The molecule has 0 N–H and O–H groups in total. The van der Waals surface area contributed by atoms with E-state index in [0.717, 1.165) is 35.3 Å². The van der Waals surface area contributed by atoms with E-state index in [2.05, 4.69) is 21.9 Å². The van der Waals surface area contributed by atoms with Gasteiger partial charge in [-0.25, -0.2) is 4.98 Å². The van der Waals surface area contributed by atoms with E-state index in [0.29, 0.717) is 41.8 Å². The third kappa shape index (κ3) is 4.74. The molecule has 2 aliphatic rings. The summed E-state index contributed by atoms with van der Waals surface area (Å²) in [5.74, 6) is 0.647. The number of fused-ring (bicyclic) bond motifs is 1. The fraction of sp³-hybridized carbons (Fsp3) is 0.407. The second-order valence-electron chi connectivity index (χ2n) is 9.41. The zero-order valence-electron chi connectivity index (χ0n) is 19.5. The molecule has 178 valence electrons. The van der Waals surface area contributed by atoms with Crippen LogP contribution in [0.3, 0.4) is 0 Å². The summed E-state index contributed by atoms with van der Waals surface area (Å²) in [7, 11) is 0. The van der Waals surface area contributed by atoms with Gasteiger partial charge in [-0.1, -0.05) is 79.2 Å². The minimum absolute atomic E-state index is 0.0276. The van der Waals surface area contributed by atoms with Crippen LogP contribution in [-0.4, -0.2) is 27.2 Å². The van der Waals surface area contributed by atoms with Crippen molar-refractivity contribution in [3.63, 3.8) is 0 Å². The van der Waals surface area contributed by atoms with Crippen LogP contribution in [0.1, 0.15) is 55.3 Å². The Kier molecular flexibility index (Phi) is 6.96. The summed E-state index contributed by atoms with van der Waals surface area (Å²) in [6.07, 6.45) is 7.92. The van der Waals surface area contributed by atoms with Gasteiger partial charge in [0.1, 0.15) is 0 Å². The highest BCUT2D eigenvalue weighted by atomic mass is 35.5. The molecule has 1 saturated carbocycles. The van der Waals surface area contributed by atoms with E-state index in [1.54, 1.807) is 6.07 Å². The molecule has 0 bridgehead atoms. The lowest BCUT2D eigenvalue weighted by Crippen LogP contribution is -2.51. The Morgan fingerprint density at radius 2 is 1.71 bits per heavy atom. The lowest BCUT2D eigenvalue weighted by molar-refractivity contribution is 0.123. The summed E-state index contributed by atoms with van der Waals surface area (Å²) in [6, 6.07) is 16.1. The Labute approximate surface area is 210 Å². The molecule has 0 saturated heterocycles. The molecule has 0 atom stereocenters. The molecule has 34 heavy (non-hydrogen) atoms.